The van der Waals surface area contributed by atoms with Crippen LogP contribution in [-0.2, 0) is 4.74 Å². The molecule has 0 N–H and O–H groups in total. The van der Waals surface area contributed by atoms with Crippen LogP contribution in [0.15, 0.2) is 46.7 Å². The van der Waals surface area contributed by atoms with Gasteiger partial charge in [-0.2, -0.15) is 9.78 Å². The number of fused-ring (bicyclic) bond motifs is 2. The quantitative estimate of drug-likeness (QED) is 0.371. The van der Waals surface area contributed by atoms with Crippen LogP contribution in [0.1, 0.15) is 39.4 Å². The second kappa shape index (κ2) is 7.68. The molecule has 3 heterocycles. The van der Waals surface area contributed by atoms with Crippen molar-refractivity contribution in [2.24, 2.45) is 5.10 Å². The molecule has 8 nitrogen and oxygen atoms in total. The Labute approximate surface area is 175 Å². The molecule has 0 radical (unpaired) electrons. The summed E-state index contributed by atoms with van der Waals surface area (Å²) in [5, 5.41) is 5.44. The summed E-state index contributed by atoms with van der Waals surface area (Å²) in [5.74, 6) is -0.587. The van der Waals surface area contributed by atoms with Gasteiger partial charge in [-0.25, -0.2) is 9.78 Å². The lowest BCUT2D eigenvalue weighted by atomic mass is 10.2. The molecule has 0 fully saturated rings. The van der Waals surface area contributed by atoms with Gasteiger partial charge in [0.05, 0.1) is 23.7 Å². The van der Waals surface area contributed by atoms with E-state index in [1.165, 1.54) is 24.0 Å². The van der Waals surface area contributed by atoms with Gasteiger partial charge in [-0.15, -0.1) is 11.3 Å². The third kappa shape index (κ3) is 3.22. The molecule has 3 aromatic heterocycles. The summed E-state index contributed by atoms with van der Waals surface area (Å²) in [6.07, 6.45) is 4.52. The van der Waals surface area contributed by atoms with Gasteiger partial charge in [-0.1, -0.05) is 18.2 Å². The summed E-state index contributed by atoms with van der Waals surface area (Å²) in [6, 6.07) is 7.45. The molecule has 0 amide bonds. The molecule has 1 aromatic carbocycles. The first-order valence-corrected chi connectivity index (χ1v) is 10.1. The zero-order chi connectivity index (χ0) is 21.4. The highest BCUT2D eigenvalue weighted by atomic mass is 32.1. The van der Waals surface area contributed by atoms with E-state index >= 15 is 0 Å². The second-order valence-corrected chi connectivity index (χ2v) is 7.59. The predicted molar refractivity (Wildman–Crippen MR) is 116 cm³/mol. The number of nitrogens with zero attached hydrogens (tertiary/aromatic N) is 4. The van der Waals surface area contributed by atoms with Crippen molar-refractivity contribution in [1.82, 2.24) is 14.2 Å². The van der Waals surface area contributed by atoms with Gasteiger partial charge in [-0.3, -0.25) is 14.2 Å². The number of hydrogen-bond acceptors (Lipinski definition) is 7. The Bertz CT molecular complexity index is 1390. The first-order chi connectivity index (χ1) is 14.4. The summed E-state index contributed by atoms with van der Waals surface area (Å²) in [5.41, 5.74) is 1.61. The number of rotatable bonds is 4. The van der Waals surface area contributed by atoms with Gasteiger partial charge in [0.25, 0.3) is 5.56 Å². The maximum absolute atomic E-state index is 12.9. The van der Waals surface area contributed by atoms with Crippen molar-refractivity contribution in [3.63, 3.8) is 0 Å². The molecule has 0 aliphatic rings. The van der Waals surface area contributed by atoms with Crippen LogP contribution in [0.5, 0.6) is 0 Å². The standard InChI is InChI=1S/C21H18N4O4S/c1-4-29-21(28)18-12(2)17-19(30-18)22-11-25(20(17)27)23-9-14-10-24(13(3)26)16-8-6-5-7-15(14)16/h5-11H,4H2,1-3H3. The van der Waals surface area contributed by atoms with E-state index in [-0.39, 0.29) is 18.1 Å². The van der Waals surface area contributed by atoms with Crippen LogP contribution in [0.3, 0.4) is 0 Å². The smallest absolute Gasteiger partial charge is 0.348 e. The Morgan fingerprint density at radius 1 is 1.30 bits per heavy atom. The van der Waals surface area contributed by atoms with Gasteiger partial charge < -0.3 is 4.74 Å². The first-order valence-electron chi connectivity index (χ1n) is 9.25. The summed E-state index contributed by atoms with van der Waals surface area (Å²) in [4.78, 5) is 42.1. The molecule has 0 saturated carbocycles. The summed E-state index contributed by atoms with van der Waals surface area (Å²) in [7, 11) is 0. The van der Waals surface area contributed by atoms with Crippen molar-refractivity contribution in [3.05, 3.63) is 63.1 Å². The molecular weight excluding hydrogens is 404 g/mol. The Hall–Kier alpha value is -3.59. The Morgan fingerprint density at radius 3 is 2.80 bits per heavy atom. The molecular formula is C21H18N4O4S. The van der Waals surface area contributed by atoms with Gasteiger partial charge >= 0.3 is 5.97 Å². The number of carbonyl (C=O) groups is 2. The average Bonchev–Trinajstić information content (AvgIpc) is 3.26. The van der Waals surface area contributed by atoms with Crippen LogP contribution in [-0.4, -0.2) is 38.9 Å². The third-order valence-corrected chi connectivity index (χ3v) is 5.88. The highest BCUT2D eigenvalue weighted by Crippen LogP contribution is 2.27. The molecule has 0 spiro atoms. The number of esters is 1. The predicted octanol–water partition coefficient (Wildman–Crippen LogP) is 3.44. The summed E-state index contributed by atoms with van der Waals surface area (Å²) < 4.78 is 7.71. The summed E-state index contributed by atoms with van der Waals surface area (Å²) in [6.45, 7) is 5.16. The summed E-state index contributed by atoms with van der Waals surface area (Å²) >= 11 is 1.13. The molecule has 0 aliphatic heterocycles. The van der Waals surface area contributed by atoms with Crippen molar-refractivity contribution < 1.29 is 14.3 Å². The van der Waals surface area contributed by atoms with Gasteiger partial charge in [0.2, 0.25) is 5.91 Å². The fourth-order valence-electron chi connectivity index (χ4n) is 3.28. The second-order valence-electron chi connectivity index (χ2n) is 6.59. The zero-order valence-corrected chi connectivity index (χ0v) is 17.4. The minimum absolute atomic E-state index is 0.119. The number of benzene rings is 1. The fraction of sp³-hybridized carbons (Fsp3) is 0.190. The SMILES string of the molecule is CCOC(=O)c1sc2ncn(N=Cc3cn(C(C)=O)c4ccccc34)c(=O)c2c1C. The van der Waals surface area contributed by atoms with E-state index in [4.69, 9.17) is 4.74 Å². The van der Waals surface area contributed by atoms with Crippen LogP contribution in [0.4, 0.5) is 0 Å². The Balaban J connectivity index is 1.79. The van der Waals surface area contributed by atoms with Crippen LogP contribution < -0.4 is 5.56 Å². The number of para-hydroxylation sites is 1. The van der Waals surface area contributed by atoms with E-state index in [2.05, 4.69) is 10.1 Å². The Morgan fingerprint density at radius 2 is 2.07 bits per heavy atom. The number of hydrogen-bond donors (Lipinski definition) is 0. The lowest BCUT2D eigenvalue weighted by Gasteiger charge is -1.99. The molecule has 0 aliphatic carbocycles. The maximum Gasteiger partial charge on any atom is 0.348 e. The van der Waals surface area contributed by atoms with Crippen LogP contribution in [0.25, 0.3) is 21.1 Å². The van der Waals surface area contributed by atoms with Crippen LogP contribution >= 0.6 is 11.3 Å². The van der Waals surface area contributed by atoms with E-state index in [0.29, 0.717) is 26.2 Å². The molecule has 152 valence electrons. The lowest BCUT2D eigenvalue weighted by molar-refractivity contribution is 0.0531. The van der Waals surface area contributed by atoms with E-state index < -0.39 is 5.97 Å². The van der Waals surface area contributed by atoms with Crippen LogP contribution in [0.2, 0.25) is 0 Å². The van der Waals surface area contributed by atoms with Gasteiger partial charge in [-0.05, 0) is 25.5 Å². The van der Waals surface area contributed by atoms with E-state index in [1.54, 1.807) is 20.0 Å². The monoisotopic (exact) mass is 422 g/mol. The molecule has 0 bridgehead atoms. The van der Waals surface area contributed by atoms with Crippen molar-refractivity contribution in [2.45, 2.75) is 20.8 Å². The lowest BCUT2D eigenvalue weighted by Crippen LogP contribution is -2.17. The average molecular weight is 422 g/mol. The Kier molecular flexibility index (Phi) is 5.04. The minimum Gasteiger partial charge on any atom is -0.462 e. The number of thiophene rings is 1. The van der Waals surface area contributed by atoms with Crippen molar-refractivity contribution in [3.8, 4) is 0 Å². The third-order valence-electron chi connectivity index (χ3n) is 4.70. The van der Waals surface area contributed by atoms with Crippen LogP contribution in [0, 0.1) is 6.92 Å². The van der Waals surface area contributed by atoms with Crippen molar-refractivity contribution >= 4 is 50.5 Å². The number of aryl methyl sites for hydroxylation is 1. The highest BCUT2D eigenvalue weighted by Gasteiger charge is 2.20. The van der Waals surface area contributed by atoms with Gasteiger partial charge in [0, 0.05) is 24.1 Å². The van der Waals surface area contributed by atoms with Gasteiger partial charge in [0.1, 0.15) is 16.0 Å². The topological polar surface area (TPSA) is 95.5 Å². The molecule has 0 saturated heterocycles. The van der Waals surface area contributed by atoms with Gasteiger partial charge in [0.15, 0.2) is 0 Å². The van der Waals surface area contributed by atoms with E-state index in [1.807, 2.05) is 24.3 Å². The van der Waals surface area contributed by atoms with E-state index in [0.717, 1.165) is 26.9 Å². The number of aromatic nitrogens is 3. The molecule has 0 unspecified atom stereocenters. The normalized spacial score (nSPS) is 11.6. The van der Waals surface area contributed by atoms with Crippen molar-refractivity contribution in [1.29, 1.82) is 0 Å². The first kappa shape index (κ1) is 19.7. The molecule has 9 heteroatoms. The van der Waals surface area contributed by atoms with Crippen molar-refractivity contribution in [2.75, 3.05) is 6.61 Å². The molecule has 4 aromatic rings. The molecule has 4 rings (SSSR count). The minimum atomic E-state index is -0.468. The molecule has 30 heavy (non-hydrogen) atoms. The number of ether oxygens (including phenoxy) is 1. The van der Waals surface area contributed by atoms with E-state index in [9.17, 15) is 14.4 Å². The zero-order valence-electron chi connectivity index (χ0n) is 16.6. The highest BCUT2D eigenvalue weighted by molar-refractivity contribution is 7.20. The number of carbonyl (C=O) groups excluding carboxylic acids is 2. The fourth-order valence-corrected chi connectivity index (χ4v) is 4.32. The molecule has 0 atom stereocenters. The largest absolute Gasteiger partial charge is 0.462 e. The maximum atomic E-state index is 12.9.